The third-order valence-electron chi connectivity index (χ3n) is 4.17. The molecule has 116 valence electrons. The molecule has 3 atom stereocenters. The summed E-state index contributed by atoms with van der Waals surface area (Å²) in [6.45, 7) is 6.13. The Kier molecular flexibility index (Phi) is 5.31. The van der Waals surface area contributed by atoms with Crippen LogP contribution >= 0.6 is 0 Å². The molecule has 0 aromatic heterocycles. The van der Waals surface area contributed by atoms with Crippen LogP contribution in [0.1, 0.15) is 31.9 Å². The van der Waals surface area contributed by atoms with Crippen LogP contribution in [-0.2, 0) is 4.79 Å². The van der Waals surface area contributed by atoms with E-state index in [9.17, 15) is 9.18 Å². The molecule has 4 nitrogen and oxygen atoms in total. The Balaban J connectivity index is 1.80. The van der Waals surface area contributed by atoms with Gasteiger partial charge in [-0.3, -0.25) is 9.69 Å². The maximum atomic E-state index is 12.9. The Morgan fingerprint density at radius 3 is 2.67 bits per heavy atom. The number of nitrogens with two attached hydrogens (primary N) is 1. The topological polar surface area (TPSA) is 58.4 Å². The number of likely N-dealkylation sites (tertiary alicyclic amines) is 1. The van der Waals surface area contributed by atoms with E-state index < -0.39 is 0 Å². The first kappa shape index (κ1) is 15.9. The van der Waals surface area contributed by atoms with Crippen molar-refractivity contribution in [1.82, 2.24) is 10.2 Å². The first-order valence-electron chi connectivity index (χ1n) is 7.48. The van der Waals surface area contributed by atoms with E-state index in [1.807, 2.05) is 13.8 Å². The SMILES string of the molecule is CC(NC(=O)CN1CCC(C(C)N)C1)c1ccc(F)cc1. The van der Waals surface area contributed by atoms with Gasteiger partial charge in [0.25, 0.3) is 0 Å². The molecule has 1 amide bonds. The maximum absolute atomic E-state index is 12.9. The smallest absolute Gasteiger partial charge is 0.234 e. The second kappa shape index (κ2) is 7.00. The van der Waals surface area contributed by atoms with Crippen LogP contribution in [0, 0.1) is 11.7 Å². The summed E-state index contributed by atoms with van der Waals surface area (Å²) in [6.07, 6.45) is 1.05. The Bertz CT molecular complexity index is 475. The minimum Gasteiger partial charge on any atom is -0.348 e. The van der Waals surface area contributed by atoms with E-state index in [4.69, 9.17) is 5.73 Å². The quantitative estimate of drug-likeness (QED) is 0.868. The van der Waals surface area contributed by atoms with Crippen LogP contribution in [0.5, 0.6) is 0 Å². The molecule has 3 unspecified atom stereocenters. The highest BCUT2D eigenvalue weighted by molar-refractivity contribution is 5.78. The molecule has 1 aromatic carbocycles. The zero-order chi connectivity index (χ0) is 15.4. The number of hydrogen-bond donors (Lipinski definition) is 2. The molecule has 5 heteroatoms. The lowest BCUT2D eigenvalue weighted by Crippen LogP contribution is -2.38. The second-order valence-corrected chi connectivity index (χ2v) is 5.98. The van der Waals surface area contributed by atoms with Gasteiger partial charge in [0.1, 0.15) is 5.82 Å². The lowest BCUT2D eigenvalue weighted by molar-refractivity contribution is -0.122. The first-order valence-corrected chi connectivity index (χ1v) is 7.48. The number of amides is 1. The molecule has 1 fully saturated rings. The van der Waals surface area contributed by atoms with Gasteiger partial charge in [0.05, 0.1) is 12.6 Å². The average Bonchev–Trinajstić information content (AvgIpc) is 2.87. The normalized spacial score (nSPS) is 22.0. The highest BCUT2D eigenvalue weighted by atomic mass is 19.1. The number of nitrogens with zero attached hydrogens (tertiary/aromatic N) is 1. The van der Waals surface area contributed by atoms with Crippen LogP contribution in [0.15, 0.2) is 24.3 Å². The molecule has 1 aliphatic rings. The number of rotatable bonds is 5. The fourth-order valence-electron chi connectivity index (χ4n) is 2.76. The summed E-state index contributed by atoms with van der Waals surface area (Å²) < 4.78 is 12.9. The summed E-state index contributed by atoms with van der Waals surface area (Å²) in [5, 5.41) is 2.95. The van der Waals surface area contributed by atoms with Gasteiger partial charge in [-0.25, -0.2) is 4.39 Å². The predicted molar refractivity (Wildman–Crippen MR) is 81.2 cm³/mol. The molecule has 1 aliphatic heterocycles. The van der Waals surface area contributed by atoms with E-state index in [0.717, 1.165) is 25.1 Å². The van der Waals surface area contributed by atoms with Crippen LogP contribution in [0.25, 0.3) is 0 Å². The van der Waals surface area contributed by atoms with E-state index in [1.165, 1.54) is 12.1 Å². The van der Waals surface area contributed by atoms with Gasteiger partial charge in [-0.1, -0.05) is 12.1 Å². The predicted octanol–water partition coefficient (Wildman–Crippen LogP) is 1.67. The number of benzene rings is 1. The second-order valence-electron chi connectivity index (χ2n) is 5.98. The first-order chi connectivity index (χ1) is 9.95. The van der Waals surface area contributed by atoms with E-state index in [-0.39, 0.29) is 23.8 Å². The third-order valence-corrected chi connectivity index (χ3v) is 4.17. The van der Waals surface area contributed by atoms with Crippen molar-refractivity contribution in [2.75, 3.05) is 19.6 Å². The summed E-state index contributed by atoms with van der Waals surface area (Å²) in [5.41, 5.74) is 6.80. The fourth-order valence-corrected chi connectivity index (χ4v) is 2.76. The summed E-state index contributed by atoms with van der Waals surface area (Å²) in [7, 11) is 0. The average molecular weight is 293 g/mol. The molecule has 0 bridgehead atoms. The van der Waals surface area contributed by atoms with Gasteiger partial charge in [0.15, 0.2) is 0 Å². The van der Waals surface area contributed by atoms with Crippen molar-refractivity contribution in [1.29, 1.82) is 0 Å². The molecule has 1 heterocycles. The van der Waals surface area contributed by atoms with Crippen LogP contribution < -0.4 is 11.1 Å². The maximum Gasteiger partial charge on any atom is 0.234 e. The number of carbonyl (C=O) groups is 1. The van der Waals surface area contributed by atoms with Crippen molar-refractivity contribution in [3.63, 3.8) is 0 Å². The Morgan fingerprint density at radius 1 is 1.43 bits per heavy atom. The van der Waals surface area contributed by atoms with Gasteiger partial charge in [-0.15, -0.1) is 0 Å². The molecule has 0 saturated carbocycles. The van der Waals surface area contributed by atoms with Gasteiger partial charge in [-0.05, 0) is 50.4 Å². The third kappa shape index (κ3) is 4.51. The molecule has 0 spiro atoms. The van der Waals surface area contributed by atoms with Crippen molar-refractivity contribution in [3.05, 3.63) is 35.6 Å². The lowest BCUT2D eigenvalue weighted by atomic mass is 10.0. The Labute approximate surface area is 125 Å². The molecule has 3 N–H and O–H groups in total. The van der Waals surface area contributed by atoms with Crippen molar-refractivity contribution < 1.29 is 9.18 Å². The summed E-state index contributed by atoms with van der Waals surface area (Å²) in [4.78, 5) is 14.2. The molecule has 1 saturated heterocycles. The van der Waals surface area contributed by atoms with Gasteiger partial charge < -0.3 is 11.1 Å². The number of nitrogens with one attached hydrogen (secondary N) is 1. The number of carbonyl (C=O) groups excluding carboxylic acids is 1. The van der Waals surface area contributed by atoms with E-state index >= 15 is 0 Å². The fraction of sp³-hybridized carbons (Fsp3) is 0.562. The Hall–Kier alpha value is -1.46. The number of hydrogen-bond acceptors (Lipinski definition) is 3. The van der Waals surface area contributed by atoms with Crippen LogP contribution in [0.4, 0.5) is 4.39 Å². The van der Waals surface area contributed by atoms with Crippen molar-refractivity contribution in [2.24, 2.45) is 11.7 Å². The minimum absolute atomic E-state index is 0.00264. The zero-order valence-corrected chi connectivity index (χ0v) is 12.7. The molecule has 2 rings (SSSR count). The zero-order valence-electron chi connectivity index (χ0n) is 12.7. The van der Waals surface area contributed by atoms with E-state index in [2.05, 4.69) is 10.2 Å². The number of halogens is 1. The molecule has 1 aromatic rings. The molecular formula is C16H24FN3O. The van der Waals surface area contributed by atoms with E-state index in [1.54, 1.807) is 12.1 Å². The van der Waals surface area contributed by atoms with Crippen LogP contribution in [0.3, 0.4) is 0 Å². The van der Waals surface area contributed by atoms with Gasteiger partial charge in [0, 0.05) is 12.6 Å². The van der Waals surface area contributed by atoms with E-state index in [0.29, 0.717) is 12.5 Å². The van der Waals surface area contributed by atoms with Gasteiger partial charge >= 0.3 is 0 Å². The van der Waals surface area contributed by atoms with Gasteiger partial charge in [0.2, 0.25) is 5.91 Å². The summed E-state index contributed by atoms with van der Waals surface area (Å²) in [5.74, 6) is 0.209. The monoisotopic (exact) mass is 293 g/mol. The van der Waals surface area contributed by atoms with Crippen molar-refractivity contribution in [2.45, 2.75) is 32.4 Å². The summed E-state index contributed by atoms with van der Waals surface area (Å²) in [6, 6.07) is 6.27. The van der Waals surface area contributed by atoms with Crippen molar-refractivity contribution in [3.8, 4) is 0 Å². The van der Waals surface area contributed by atoms with Crippen LogP contribution in [-0.4, -0.2) is 36.5 Å². The molecular weight excluding hydrogens is 269 g/mol. The lowest BCUT2D eigenvalue weighted by Gasteiger charge is -2.19. The molecule has 0 aliphatic carbocycles. The largest absolute Gasteiger partial charge is 0.348 e. The van der Waals surface area contributed by atoms with Crippen molar-refractivity contribution >= 4 is 5.91 Å². The highest BCUT2D eigenvalue weighted by Gasteiger charge is 2.26. The molecule has 0 radical (unpaired) electrons. The molecule has 21 heavy (non-hydrogen) atoms. The Morgan fingerprint density at radius 2 is 2.10 bits per heavy atom. The minimum atomic E-state index is -0.267. The van der Waals surface area contributed by atoms with Crippen LogP contribution in [0.2, 0.25) is 0 Å². The highest BCUT2D eigenvalue weighted by Crippen LogP contribution is 2.18. The van der Waals surface area contributed by atoms with Gasteiger partial charge in [-0.2, -0.15) is 0 Å². The summed E-state index contributed by atoms with van der Waals surface area (Å²) >= 11 is 0. The standard InChI is InChI=1S/C16H24FN3O/c1-11(18)14-7-8-20(9-14)10-16(21)19-12(2)13-3-5-15(17)6-4-13/h3-6,11-12,14H,7-10,18H2,1-2H3,(H,19,21).